The summed E-state index contributed by atoms with van der Waals surface area (Å²) in [6.45, 7) is 5.81. The van der Waals surface area contributed by atoms with Gasteiger partial charge in [-0.25, -0.2) is 14.2 Å². The summed E-state index contributed by atoms with van der Waals surface area (Å²) in [5.41, 5.74) is 4.05. The van der Waals surface area contributed by atoms with Crippen LogP contribution in [0.1, 0.15) is 19.4 Å². The van der Waals surface area contributed by atoms with E-state index in [1.54, 1.807) is 5.41 Å². The zero-order valence-electron chi connectivity index (χ0n) is 17.0. The Kier molecular flexibility index (Phi) is 7.38. The smallest absolute Gasteiger partial charge is 0.182 e. The lowest BCUT2D eigenvalue weighted by atomic mass is 10.2. The van der Waals surface area contributed by atoms with Crippen LogP contribution >= 0.6 is 11.6 Å². The molecule has 1 unspecified atom stereocenters. The summed E-state index contributed by atoms with van der Waals surface area (Å²) >= 11 is 6.34. The summed E-state index contributed by atoms with van der Waals surface area (Å²) in [5.74, 6) is 0.830. The standard InChI is InChI=1S/C23H23ClN4OS/c1-4-5-6-9-17(3)15-30(29)28-23-22(25-19-10-7-8-11-20(19)26-23)27-21-14-16(2)12-13-18(21)24/h4-15H,1-3H3,(H,25,27)(H,26,28)/b5-4-,9-6-,17-15+. The Labute approximate surface area is 184 Å². The first-order valence-corrected chi connectivity index (χ1v) is 11.0. The molecule has 1 atom stereocenters. The molecule has 2 aromatic carbocycles. The maximum absolute atomic E-state index is 12.7. The largest absolute Gasteiger partial charge is 0.336 e. The first-order chi connectivity index (χ1) is 14.5. The van der Waals surface area contributed by atoms with E-state index in [1.807, 2.05) is 87.5 Å². The van der Waals surface area contributed by atoms with Crippen molar-refractivity contribution >= 4 is 50.9 Å². The molecule has 0 radical (unpaired) electrons. The summed E-state index contributed by atoms with van der Waals surface area (Å²) in [5, 5.41) is 5.42. The molecule has 3 rings (SSSR count). The molecule has 2 N–H and O–H groups in total. The van der Waals surface area contributed by atoms with Gasteiger partial charge in [0.25, 0.3) is 0 Å². The number of halogens is 1. The van der Waals surface area contributed by atoms with Gasteiger partial charge in [0.2, 0.25) is 0 Å². The average molecular weight is 439 g/mol. The van der Waals surface area contributed by atoms with Crippen LogP contribution in [-0.4, -0.2) is 14.2 Å². The van der Waals surface area contributed by atoms with Gasteiger partial charge >= 0.3 is 0 Å². The van der Waals surface area contributed by atoms with E-state index in [1.165, 1.54) is 0 Å². The minimum atomic E-state index is -1.49. The minimum absolute atomic E-state index is 0.381. The molecule has 0 aliphatic heterocycles. The van der Waals surface area contributed by atoms with Gasteiger partial charge in [-0.2, -0.15) is 0 Å². The van der Waals surface area contributed by atoms with Crippen molar-refractivity contribution in [3.63, 3.8) is 0 Å². The number of hydrogen-bond acceptors (Lipinski definition) is 4. The van der Waals surface area contributed by atoms with Gasteiger partial charge in [-0.05, 0) is 56.2 Å². The van der Waals surface area contributed by atoms with E-state index >= 15 is 0 Å². The molecule has 5 nitrogen and oxygen atoms in total. The van der Waals surface area contributed by atoms with E-state index in [0.717, 1.165) is 16.7 Å². The predicted octanol–water partition coefficient (Wildman–Crippen LogP) is 6.45. The Hall–Kier alpha value is -2.96. The number of hydrogen-bond donors (Lipinski definition) is 2. The fourth-order valence-electron chi connectivity index (χ4n) is 2.67. The Morgan fingerprint density at radius 2 is 1.77 bits per heavy atom. The zero-order valence-corrected chi connectivity index (χ0v) is 18.6. The van der Waals surface area contributed by atoms with Crippen molar-refractivity contribution in [1.82, 2.24) is 9.97 Å². The molecule has 0 bridgehead atoms. The fourth-order valence-corrected chi connectivity index (χ4v) is 3.64. The maximum atomic E-state index is 12.7. The molecule has 3 aromatic rings. The van der Waals surface area contributed by atoms with Gasteiger partial charge in [-0.1, -0.05) is 54.1 Å². The predicted molar refractivity (Wildman–Crippen MR) is 128 cm³/mol. The molecule has 154 valence electrons. The lowest BCUT2D eigenvalue weighted by molar-refractivity contribution is 0.691. The van der Waals surface area contributed by atoms with Crippen LogP contribution < -0.4 is 10.0 Å². The van der Waals surface area contributed by atoms with Crippen LogP contribution in [0.5, 0.6) is 0 Å². The van der Waals surface area contributed by atoms with Crippen molar-refractivity contribution < 1.29 is 4.21 Å². The molecule has 0 spiro atoms. The molecule has 0 aliphatic carbocycles. The molecule has 30 heavy (non-hydrogen) atoms. The number of rotatable bonds is 7. The van der Waals surface area contributed by atoms with Gasteiger partial charge in [0.15, 0.2) is 11.6 Å². The summed E-state index contributed by atoms with van der Waals surface area (Å²) in [6, 6.07) is 13.2. The minimum Gasteiger partial charge on any atom is -0.336 e. The SMILES string of the molecule is C\C=C/C=C\C(C)=C\S(=O)Nc1nc2ccccc2nc1Nc1cc(C)ccc1Cl. The highest BCUT2D eigenvalue weighted by molar-refractivity contribution is 7.89. The second kappa shape index (κ2) is 10.2. The molecule has 0 aliphatic rings. The number of anilines is 3. The number of fused-ring (bicyclic) bond motifs is 1. The van der Waals surface area contributed by atoms with E-state index in [-0.39, 0.29) is 0 Å². The van der Waals surface area contributed by atoms with Crippen LogP contribution in [0.25, 0.3) is 11.0 Å². The van der Waals surface area contributed by atoms with Gasteiger partial charge in [-0.15, -0.1) is 0 Å². The van der Waals surface area contributed by atoms with E-state index in [4.69, 9.17) is 11.6 Å². The van der Waals surface area contributed by atoms with Gasteiger partial charge < -0.3 is 5.32 Å². The third kappa shape index (κ3) is 5.78. The van der Waals surface area contributed by atoms with Crippen LogP contribution in [0, 0.1) is 6.92 Å². The Morgan fingerprint density at radius 1 is 1.07 bits per heavy atom. The van der Waals surface area contributed by atoms with Crippen molar-refractivity contribution in [2.24, 2.45) is 0 Å². The van der Waals surface area contributed by atoms with Crippen LogP contribution in [0.4, 0.5) is 17.3 Å². The van der Waals surface area contributed by atoms with Gasteiger partial charge in [0, 0.05) is 5.41 Å². The number of benzene rings is 2. The van der Waals surface area contributed by atoms with Gasteiger partial charge in [0.05, 0.1) is 21.7 Å². The van der Waals surface area contributed by atoms with Crippen molar-refractivity contribution in [1.29, 1.82) is 0 Å². The second-order valence-electron chi connectivity index (χ2n) is 6.66. The number of aromatic nitrogens is 2. The number of nitrogens with one attached hydrogen (secondary N) is 2. The maximum Gasteiger partial charge on any atom is 0.182 e. The third-order valence-electron chi connectivity index (χ3n) is 4.10. The molecule has 1 heterocycles. The van der Waals surface area contributed by atoms with Crippen molar-refractivity contribution in [3.8, 4) is 0 Å². The second-order valence-corrected chi connectivity index (χ2v) is 8.11. The Bertz CT molecular complexity index is 1170. The van der Waals surface area contributed by atoms with Gasteiger partial charge in [0.1, 0.15) is 11.0 Å². The summed E-state index contributed by atoms with van der Waals surface area (Å²) in [7, 11) is -1.49. The topological polar surface area (TPSA) is 66.9 Å². The number of nitrogens with zero attached hydrogens (tertiary/aromatic N) is 2. The zero-order chi connectivity index (χ0) is 21.5. The highest BCUT2D eigenvalue weighted by Crippen LogP contribution is 2.30. The van der Waals surface area contributed by atoms with Crippen molar-refractivity contribution in [3.05, 3.63) is 88.3 Å². The monoisotopic (exact) mass is 438 g/mol. The lowest BCUT2D eigenvalue weighted by Gasteiger charge is -2.13. The van der Waals surface area contributed by atoms with E-state index in [9.17, 15) is 4.21 Å². The normalized spacial score (nSPS) is 13.3. The van der Waals surface area contributed by atoms with Gasteiger partial charge in [-0.3, -0.25) is 4.72 Å². The summed E-state index contributed by atoms with van der Waals surface area (Å²) < 4.78 is 15.6. The molecular weight excluding hydrogens is 416 g/mol. The molecular formula is C23H23ClN4OS. The van der Waals surface area contributed by atoms with Crippen LogP contribution in [0.2, 0.25) is 5.02 Å². The first-order valence-electron chi connectivity index (χ1n) is 9.41. The van der Waals surface area contributed by atoms with Crippen molar-refractivity contribution in [2.45, 2.75) is 20.8 Å². The van der Waals surface area contributed by atoms with Crippen LogP contribution in [-0.2, 0) is 11.0 Å². The highest BCUT2D eigenvalue weighted by atomic mass is 35.5. The summed E-state index contributed by atoms with van der Waals surface area (Å²) in [6.07, 6.45) is 7.62. The summed E-state index contributed by atoms with van der Waals surface area (Å²) in [4.78, 5) is 9.28. The molecule has 0 amide bonds. The number of para-hydroxylation sites is 2. The quantitative estimate of drug-likeness (QED) is 0.416. The fraction of sp³-hybridized carbons (Fsp3) is 0.130. The molecule has 1 aromatic heterocycles. The number of allylic oxidation sites excluding steroid dienone is 5. The third-order valence-corrected chi connectivity index (χ3v) is 5.41. The first kappa shape index (κ1) is 21.7. The average Bonchev–Trinajstić information content (AvgIpc) is 2.71. The van der Waals surface area contributed by atoms with Crippen LogP contribution in [0.3, 0.4) is 0 Å². The van der Waals surface area contributed by atoms with Crippen molar-refractivity contribution in [2.75, 3.05) is 10.0 Å². The highest BCUT2D eigenvalue weighted by Gasteiger charge is 2.12. The molecule has 7 heteroatoms. The molecule has 0 saturated carbocycles. The molecule has 0 saturated heterocycles. The van der Waals surface area contributed by atoms with Crippen LogP contribution in [0.15, 0.2) is 77.7 Å². The number of aryl methyl sites for hydroxylation is 1. The Morgan fingerprint density at radius 3 is 2.47 bits per heavy atom. The van der Waals surface area contributed by atoms with E-state index in [2.05, 4.69) is 20.0 Å². The lowest BCUT2D eigenvalue weighted by Crippen LogP contribution is -2.08. The van der Waals surface area contributed by atoms with E-state index < -0.39 is 11.0 Å². The van der Waals surface area contributed by atoms with E-state index in [0.29, 0.717) is 27.9 Å². The molecule has 0 fully saturated rings. The Balaban J connectivity index is 1.96.